The summed E-state index contributed by atoms with van der Waals surface area (Å²) in [6.45, 7) is 0. The molecule has 0 aromatic heterocycles. The molecule has 0 radical (unpaired) electrons. The number of benzene rings is 1. The molecule has 0 bridgehead atoms. The minimum Gasteiger partial charge on any atom is -0.326 e. The topological polar surface area (TPSA) is 72.2 Å². The molecule has 1 aromatic carbocycles. The van der Waals surface area contributed by atoms with Gasteiger partial charge in [0.05, 0.1) is 5.75 Å². The van der Waals surface area contributed by atoms with Crippen molar-refractivity contribution in [2.45, 2.75) is 24.3 Å². The highest BCUT2D eigenvalue weighted by molar-refractivity contribution is 7.88. The molecule has 15 heavy (non-hydrogen) atoms. The van der Waals surface area contributed by atoms with E-state index in [-0.39, 0.29) is 17.8 Å². The van der Waals surface area contributed by atoms with E-state index in [1.165, 1.54) is 0 Å². The molecule has 1 fully saturated rings. The average molecular weight is 226 g/mol. The molecule has 2 rings (SSSR count). The van der Waals surface area contributed by atoms with Crippen LogP contribution in [-0.4, -0.2) is 20.5 Å². The smallest absolute Gasteiger partial charge is 0.216 e. The molecule has 2 unspecified atom stereocenters. The van der Waals surface area contributed by atoms with Gasteiger partial charge >= 0.3 is 0 Å². The lowest BCUT2D eigenvalue weighted by molar-refractivity contribution is 0.579. The summed E-state index contributed by atoms with van der Waals surface area (Å²) in [7, 11) is -3.23. The zero-order chi connectivity index (χ0) is 10.9. The Balaban J connectivity index is 1.99. The van der Waals surface area contributed by atoms with Gasteiger partial charge in [-0.05, 0) is 12.0 Å². The summed E-state index contributed by atoms with van der Waals surface area (Å²) in [6.07, 6.45) is 0.744. The lowest BCUT2D eigenvalue weighted by atomic mass is 10.2. The zero-order valence-corrected chi connectivity index (χ0v) is 9.07. The first kappa shape index (κ1) is 10.6. The number of hydrogen-bond acceptors (Lipinski definition) is 3. The Bertz CT molecular complexity index is 430. The normalized spacial score (nSPS) is 25.1. The second kappa shape index (κ2) is 3.92. The molecule has 0 amide bonds. The van der Waals surface area contributed by atoms with Crippen molar-refractivity contribution in [1.29, 1.82) is 0 Å². The number of rotatable bonds is 4. The summed E-state index contributed by atoms with van der Waals surface area (Å²) in [4.78, 5) is 0. The Morgan fingerprint density at radius 3 is 2.47 bits per heavy atom. The van der Waals surface area contributed by atoms with Crippen molar-refractivity contribution in [2.24, 2.45) is 5.73 Å². The van der Waals surface area contributed by atoms with Gasteiger partial charge in [-0.15, -0.1) is 0 Å². The molecule has 82 valence electrons. The molecule has 4 nitrogen and oxygen atoms in total. The van der Waals surface area contributed by atoms with Crippen LogP contribution in [-0.2, 0) is 15.8 Å². The minimum absolute atomic E-state index is 0.00412. The Kier molecular flexibility index (Phi) is 2.77. The van der Waals surface area contributed by atoms with Crippen LogP contribution in [0.3, 0.4) is 0 Å². The van der Waals surface area contributed by atoms with Gasteiger partial charge < -0.3 is 5.73 Å². The summed E-state index contributed by atoms with van der Waals surface area (Å²) < 4.78 is 25.8. The van der Waals surface area contributed by atoms with Crippen LogP contribution in [0.5, 0.6) is 0 Å². The van der Waals surface area contributed by atoms with Crippen molar-refractivity contribution >= 4 is 10.0 Å². The molecule has 0 heterocycles. The first-order valence-corrected chi connectivity index (χ1v) is 6.51. The molecule has 1 aromatic rings. The Morgan fingerprint density at radius 2 is 1.93 bits per heavy atom. The molecule has 0 spiro atoms. The van der Waals surface area contributed by atoms with Crippen LogP contribution in [0, 0.1) is 0 Å². The van der Waals surface area contributed by atoms with Gasteiger partial charge in [0.1, 0.15) is 0 Å². The number of hydrogen-bond donors (Lipinski definition) is 2. The SMILES string of the molecule is NC1CC1NS(=O)(=O)Cc1ccccc1. The fraction of sp³-hybridized carbons (Fsp3) is 0.400. The van der Waals surface area contributed by atoms with E-state index in [1.807, 2.05) is 18.2 Å². The third-order valence-electron chi connectivity index (χ3n) is 2.37. The van der Waals surface area contributed by atoms with Gasteiger partial charge in [0.2, 0.25) is 10.0 Å². The molecule has 2 atom stereocenters. The van der Waals surface area contributed by atoms with Gasteiger partial charge in [-0.1, -0.05) is 30.3 Å². The van der Waals surface area contributed by atoms with Crippen molar-refractivity contribution in [3.8, 4) is 0 Å². The van der Waals surface area contributed by atoms with Gasteiger partial charge in [-0.2, -0.15) is 0 Å². The van der Waals surface area contributed by atoms with Gasteiger partial charge in [0.15, 0.2) is 0 Å². The molecule has 5 heteroatoms. The third kappa shape index (κ3) is 3.02. The van der Waals surface area contributed by atoms with Crippen LogP contribution in [0.25, 0.3) is 0 Å². The maximum Gasteiger partial charge on any atom is 0.216 e. The first-order valence-electron chi connectivity index (χ1n) is 4.86. The number of sulfonamides is 1. The maximum absolute atomic E-state index is 11.6. The highest BCUT2D eigenvalue weighted by Gasteiger charge is 2.36. The second-order valence-corrected chi connectivity index (χ2v) is 5.62. The third-order valence-corrected chi connectivity index (χ3v) is 3.75. The molecular formula is C10H14N2O2S. The molecule has 0 saturated heterocycles. The van der Waals surface area contributed by atoms with Crippen LogP contribution in [0.4, 0.5) is 0 Å². The lowest BCUT2D eigenvalue weighted by Gasteiger charge is -2.05. The highest BCUT2D eigenvalue weighted by atomic mass is 32.2. The Hall–Kier alpha value is -0.910. The van der Waals surface area contributed by atoms with E-state index in [0.29, 0.717) is 0 Å². The van der Waals surface area contributed by atoms with Crippen molar-refractivity contribution in [2.75, 3.05) is 0 Å². The molecule has 1 aliphatic carbocycles. The first-order chi connectivity index (χ1) is 7.07. The van der Waals surface area contributed by atoms with E-state index in [9.17, 15) is 8.42 Å². The van der Waals surface area contributed by atoms with Crippen LogP contribution in [0.1, 0.15) is 12.0 Å². The molecule has 0 aliphatic heterocycles. The largest absolute Gasteiger partial charge is 0.326 e. The van der Waals surface area contributed by atoms with E-state index >= 15 is 0 Å². The van der Waals surface area contributed by atoms with E-state index in [4.69, 9.17) is 5.73 Å². The molecule has 1 saturated carbocycles. The maximum atomic E-state index is 11.6. The monoisotopic (exact) mass is 226 g/mol. The Labute approximate surface area is 89.5 Å². The van der Waals surface area contributed by atoms with Gasteiger partial charge in [0.25, 0.3) is 0 Å². The van der Waals surface area contributed by atoms with Gasteiger partial charge in [-0.3, -0.25) is 0 Å². The molecule has 3 N–H and O–H groups in total. The fourth-order valence-electron chi connectivity index (χ4n) is 1.42. The van der Waals surface area contributed by atoms with Crippen LogP contribution >= 0.6 is 0 Å². The number of nitrogens with two attached hydrogens (primary N) is 1. The quantitative estimate of drug-likeness (QED) is 0.770. The fourth-order valence-corrected chi connectivity index (χ4v) is 2.86. The second-order valence-electron chi connectivity index (χ2n) is 3.87. The molecular weight excluding hydrogens is 212 g/mol. The summed E-state index contributed by atoms with van der Waals surface area (Å²) in [5, 5.41) is 0. The van der Waals surface area contributed by atoms with E-state index < -0.39 is 10.0 Å². The van der Waals surface area contributed by atoms with Gasteiger partial charge in [-0.25, -0.2) is 13.1 Å². The van der Waals surface area contributed by atoms with Crippen molar-refractivity contribution in [1.82, 2.24) is 4.72 Å². The van der Waals surface area contributed by atoms with Gasteiger partial charge in [0, 0.05) is 12.1 Å². The summed E-state index contributed by atoms with van der Waals surface area (Å²) in [5.41, 5.74) is 6.33. The summed E-state index contributed by atoms with van der Waals surface area (Å²) in [5.74, 6) is 0.0249. The van der Waals surface area contributed by atoms with Crippen molar-refractivity contribution in [3.05, 3.63) is 35.9 Å². The minimum atomic E-state index is -3.23. The molecule has 1 aliphatic rings. The van der Waals surface area contributed by atoms with E-state index in [1.54, 1.807) is 12.1 Å². The van der Waals surface area contributed by atoms with Crippen LogP contribution in [0.2, 0.25) is 0 Å². The predicted octanol–water partition coefficient (Wildman–Crippen LogP) is 0.206. The standard InChI is InChI=1S/C10H14N2O2S/c11-9-6-10(9)12-15(13,14)7-8-4-2-1-3-5-8/h1-5,9-10,12H,6-7,11H2. The average Bonchev–Trinajstić information content (AvgIpc) is 2.81. The van der Waals surface area contributed by atoms with E-state index in [2.05, 4.69) is 4.72 Å². The van der Waals surface area contributed by atoms with Crippen molar-refractivity contribution < 1.29 is 8.42 Å². The lowest BCUT2D eigenvalue weighted by Crippen LogP contribution is -2.30. The predicted molar refractivity (Wildman–Crippen MR) is 58.6 cm³/mol. The highest BCUT2D eigenvalue weighted by Crippen LogP contribution is 2.19. The Morgan fingerprint density at radius 1 is 1.33 bits per heavy atom. The van der Waals surface area contributed by atoms with E-state index in [0.717, 1.165) is 12.0 Å². The summed E-state index contributed by atoms with van der Waals surface area (Å²) in [6, 6.07) is 9.05. The van der Waals surface area contributed by atoms with Crippen LogP contribution < -0.4 is 10.5 Å². The van der Waals surface area contributed by atoms with Crippen molar-refractivity contribution in [3.63, 3.8) is 0 Å². The zero-order valence-electron chi connectivity index (χ0n) is 8.26. The van der Waals surface area contributed by atoms with Crippen LogP contribution in [0.15, 0.2) is 30.3 Å². The summed E-state index contributed by atoms with van der Waals surface area (Å²) >= 11 is 0. The number of nitrogens with one attached hydrogen (secondary N) is 1.